The number of rotatable bonds is 4. The van der Waals surface area contributed by atoms with Crippen LogP contribution in [0.25, 0.3) is 0 Å². The topological polar surface area (TPSA) is 66.9 Å². The maximum atomic E-state index is 13.7. The average Bonchev–Trinajstić information content (AvgIpc) is 2.66. The summed E-state index contributed by atoms with van der Waals surface area (Å²) in [6.45, 7) is 3.89. The zero-order valence-corrected chi connectivity index (χ0v) is 14.5. The molecule has 1 amide bonds. The number of halogens is 3. The summed E-state index contributed by atoms with van der Waals surface area (Å²) in [7, 11) is 0. The highest BCUT2D eigenvalue weighted by Gasteiger charge is 2.17. The normalized spacial score (nSPS) is 10.6. The molecule has 138 valence electrons. The summed E-state index contributed by atoms with van der Waals surface area (Å²) in [5.74, 6) is -5.10. The Morgan fingerprint density at radius 2 is 1.74 bits per heavy atom. The first kappa shape index (κ1) is 18.4. The first-order valence-corrected chi connectivity index (χ1v) is 7.98. The second-order valence-electron chi connectivity index (χ2n) is 5.81. The largest absolute Gasteiger partial charge is 0.324 e. The summed E-state index contributed by atoms with van der Waals surface area (Å²) >= 11 is 0. The maximum Gasteiger partial charge on any atom is 0.274 e. The molecule has 8 heteroatoms. The lowest BCUT2D eigenvalue weighted by molar-refractivity contribution is 0.102. The highest BCUT2D eigenvalue weighted by atomic mass is 19.2. The molecule has 0 spiro atoms. The van der Waals surface area contributed by atoms with Crippen molar-refractivity contribution in [2.75, 3.05) is 10.6 Å². The van der Waals surface area contributed by atoms with Gasteiger partial charge in [-0.3, -0.25) is 4.79 Å². The van der Waals surface area contributed by atoms with E-state index in [9.17, 15) is 18.0 Å². The van der Waals surface area contributed by atoms with E-state index in [-0.39, 0.29) is 11.6 Å². The molecule has 0 saturated heterocycles. The Labute approximate surface area is 153 Å². The monoisotopic (exact) mass is 372 g/mol. The molecular weight excluding hydrogens is 357 g/mol. The minimum atomic E-state index is -1.66. The molecule has 0 bridgehead atoms. The average molecular weight is 372 g/mol. The molecule has 5 nitrogen and oxygen atoms in total. The van der Waals surface area contributed by atoms with Crippen LogP contribution in [0.4, 0.5) is 30.5 Å². The van der Waals surface area contributed by atoms with Crippen molar-refractivity contribution >= 4 is 23.2 Å². The third kappa shape index (κ3) is 3.89. The minimum Gasteiger partial charge on any atom is -0.324 e. The van der Waals surface area contributed by atoms with E-state index in [0.717, 1.165) is 28.9 Å². The number of nitrogens with one attached hydrogen (secondary N) is 2. The van der Waals surface area contributed by atoms with E-state index in [0.29, 0.717) is 0 Å². The van der Waals surface area contributed by atoms with Crippen molar-refractivity contribution < 1.29 is 18.0 Å². The number of carbonyl (C=O) groups excluding carboxylic acids is 1. The fourth-order valence-electron chi connectivity index (χ4n) is 2.36. The number of aryl methyl sites for hydroxylation is 1. The van der Waals surface area contributed by atoms with Crippen molar-refractivity contribution in [2.45, 2.75) is 13.8 Å². The Morgan fingerprint density at radius 3 is 2.52 bits per heavy atom. The van der Waals surface area contributed by atoms with Gasteiger partial charge in [-0.1, -0.05) is 12.1 Å². The molecule has 0 saturated carbocycles. The second kappa shape index (κ2) is 7.45. The summed E-state index contributed by atoms with van der Waals surface area (Å²) in [5.41, 5.74) is 2.30. The van der Waals surface area contributed by atoms with E-state index < -0.39 is 29.0 Å². The third-order valence-corrected chi connectivity index (χ3v) is 4.02. The van der Waals surface area contributed by atoms with Gasteiger partial charge < -0.3 is 10.6 Å². The SMILES string of the molecule is Cc1cccc(Nc2nccc(C(=O)Nc3ccc(F)c(F)c3F)n2)c1C. The summed E-state index contributed by atoms with van der Waals surface area (Å²) in [4.78, 5) is 20.4. The molecule has 3 aromatic rings. The first-order valence-electron chi connectivity index (χ1n) is 7.98. The Kier molecular flexibility index (Phi) is 5.07. The van der Waals surface area contributed by atoms with Gasteiger partial charge in [0.25, 0.3) is 5.91 Å². The molecule has 2 N–H and O–H groups in total. The van der Waals surface area contributed by atoms with Crippen molar-refractivity contribution in [2.24, 2.45) is 0 Å². The molecule has 1 heterocycles. The summed E-state index contributed by atoms with van der Waals surface area (Å²) < 4.78 is 40.0. The van der Waals surface area contributed by atoms with Crippen LogP contribution < -0.4 is 10.6 Å². The summed E-state index contributed by atoms with van der Waals surface area (Å²) in [6.07, 6.45) is 1.36. The molecule has 0 unspecified atom stereocenters. The summed E-state index contributed by atoms with van der Waals surface area (Å²) in [6, 6.07) is 8.65. The minimum absolute atomic E-state index is 0.0676. The fourth-order valence-corrected chi connectivity index (χ4v) is 2.36. The lowest BCUT2D eigenvalue weighted by Crippen LogP contribution is -2.16. The van der Waals surface area contributed by atoms with Gasteiger partial charge in [0.15, 0.2) is 17.5 Å². The van der Waals surface area contributed by atoms with Crippen LogP contribution in [0.1, 0.15) is 21.6 Å². The standard InChI is InChI=1S/C19H15F3N4O/c1-10-4-3-5-13(11(10)2)25-19-23-9-8-15(26-19)18(27)24-14-7-6-12(20)16(21)17(14)22/h3-9H,1-2H3,(H,24,27)(H,23,25,26). The van der Waals surface area contributed by atoms with Crippen LogP contribution in [-0.2, 0) is 0 Å². The highest BCUT2D eigenvalue weighted by Crippen LogP contribution is 2.22. The number of hydrogen-bond acceptors (Lipinski definition) is 4. The maximum absolute atomic E-state index is 13.7. The van der Waals surface area contributed by atoms with Crippen LogP contribution in [0, 0.1) is 31.3 Å². The Hall–Kier alpha value is -3.42. The molecule has 27 heavy (non-hydrogen) atoms. The lowest BCUT2D eigenvalue weighted by atomic mass is 10.1. The molecule has 0 fully saturated rings. The van der Waals surface area contributed by atoms with Gasteiger partial charge in [0, 0.05) is 11.9 Å². The number of nitrogens with zero attached hydrogens (tertiary/aromatic N) is 2. The first-order chi connectivity index (χ1) is 12.9. The van der Waals surface area contributed by atoms with Crippen LogP contribution in [0.15, 0.2) is 42.6 Å². The molecule has 0 aliphatic rings. The molecule has 2 aromatic carbocycles. The Bertz CT molecular complexity index is 1020. The van der Waals surface area contributed by atoms with Crippen molar-refractivity contribution in [3.63, 3.8) is 0 Å². The van der Waals surface area contributed by atoms with E-state index in [1.165, 1.54) is 12.3 Å². The van der Waals surface area contributed by atoms with Crippen molar-refractivity contribution in [1.29, 1.82) is 0 Å². The van der Waals surface area contributed by atoms with Gasteiger partial charge in [0.2, 0.25) is 5.95 Å². The fraction of sp³-hybridized carbons (Fsp3) is 0.105. The smallest absolute Gasteiger partial charge is 0.274 e. The molecular formula is C19H15F3N4O. The lowest BCUT2D eigenvalue weighted by Gasteiger charge is -2.11. The van der Waals surface area contributed by atoms with Crippen LogP contribution in [-0.4, -0.2) is 15.9 Å². The van der Waals surface area contributed by atoms with Gasteiger partial charge >= 0.3 is 0 Å². The molecule has 0 aliphatic heterocycles. The summed E-state index contributed by atoms with van der Waals surface area (Å²) in [5, 5.41) is 5.18. The molecule has 0 radical (unpaired) electrons. The third-order valence-electron chi connectivity index (χ3n) is 4.02. The van der Waals surface area contributed by atoms with E-state index in [2.05, 4.69) is 20.6 Å². The van der Waals surface area contributed by atoms with Gasteiger partial charge in [-0.15, -0.1) is 0 Å². The van der Waals surface area contributed by atoms with Gasteiger partial charge in [0.1, 0.15) is 5.69 Å². The second-order valence-corrected chi connectivity index (χ2v) is 5.81. The van der Waals surface area contributed by atoms with Gasteiger partial charge in [-0.2, -0.15) is 0 Å². The number of benzene rings is 2. The Balaban J connectivity index is 1.82. The van der Waals surface area contributed by atoms with E-state index >= 15 is 0 Å². The predicted octanol–water partition coefficient (Wildman–Crippen LogP) is 4.51. The number of hydrogen-bond donors (Lipinski definition) is 2. The van der Waals surface area contributed by atoms with Crippen LogP contribution >= 0.6 is 0 Å². The highest BCUT2D eigenvalue weighted by molar-refractivity contribution is 6.03. The van der Waals surface area contributed by atoms with Crippen molar-refractivity contribution in [1.82, 2.24) is 9.97 Å². The molecule has 0 atom stereocenters. The van der Waals surface area contributed by atoms with Gasteiger partial charge in [-0.05, 0) is 49.2 Å². The zero-order chi connectivity index (χ0) is 19.6. The molecule has 3 rings (SSSR count). The Morgan fingerprint density at radius 1 is 0.963 bits per heavy atom. The van der Waals surface area contributed by atoms with Crippen molar-refractivity contribution in [3.8, 4) is 0 Å². The van der Waals surface area contributed by atoms with E-state index in [1.807, 2.05) is 32.0 Å². The van der Waals surface area contributed by atoms with Crippen LogP contribution in [0.2, 0.25) is 0 Å². The van der Waals surface area contributed by atoms with E-state index in [1.54, 1.807) is 0 Å². The predicted molar refractivity (Wildman–Crippen MR) is 95.5 cm³/mol. The van der Waals surface area contributed by atoms with Crippen LogP contribution in [0.3, 0.4) is 0 Å². The van der Waals surface area contributed by atoms with Crippen molar-refractivity contribution in [3.05, 3.63) is 76.9 Å². The van der Waals surface area contributed by atoms with Gasteiger partial charge in [-0.25, -0.2) is 23.1 Å². The zero-order valence-electron chi connectivity index (χ0n) is 14.5. The number of anilines is 3. The van der Waals surface area contributed by atoms with Gasteiger partial charge in [0.05, 0.1) is 5.69 Å². The quantitative estimate of drug-likeness (QED) is 0.662. The number of carbonyl (C=O) groups is 1. The number of amides is 1. The van der Waals surface area contributed by atoms with E-state index in [4.69, 9.17) is 0 Å². The molecule has 1 aromatic heterocycles. The number of aromatic nitrogens is 2. The molecule has 0 aliphatic carbocycles. The van der Waals surface area contributed by atoms with Crippen LogP contribution in [0.5, 0.6) is 0 Å².